The van der Waals surface area contributed by atoms with E-state index in [1.54, 1.807) is 15.9 Å². The predicted octanol–water partition coefficient (Wildman–Crippen LogP) is 4.54. The van der Waals surface area contributed by atoms with Gasteiger partial charge in [-0.2, -0.15) is 9.61 Å². The van der Waals surface area contributed by atoms with Crippen molar-refractivity contribution >= 4 is 28.6 Å². The summed E-state index contributed by atoms with van der Waals surface area (Å²) in [6.45, 7) is -0.0661. The van der Waals surface area contributed by atoms with Gasteiger partial charge in [0.2, 0.25) is 0 Å². The topological polar surface area (TPSA) is 81.4 Å². The third kappa shape index (κ3) is 4.15. The molecule has 3 heterocycles. The number of aromatic nitrogens is 4. The highest BCUT2D eigenvalue weighted by Gasteiger charge is 2.12. The van der Waals surface area contributed by atoms with Crippen molar-refractivity contribution in [1.29, 1.82) is 0 Å². The van der Waals surface area contributed by atoms with Crippen molar-refractivity contribution in [2.24, 2.45) is 0 Å². The number of thiophene rings is 1. The van der Waals surface area contributed by atoms with Crippen LogP contribution in [0.25, 0.3) is 27.6 Å². The summed E-state index contributed by atoms with van der Waals surface area (Å²) in [6, 6.07) is 24.5. The van der Waals surface area contributed by atoms with Gasteiger partial charge >= 0.3 is 0 Å². The van der Waals surface area contributed by atoms with Crippen molar-refractivity contribution in [3.05, 3.63) is 84.2 Å². The molecule has 1 N–H and O–H groups in total. The van der Waals surface area contributed by atoms with E-state index in [4.69, 9.17) is 9.84 Å². The maximum Gasteiger partial charge on any atom is 0.262 e. The minimum absolute atomic E-state index is 0.0661. The Morgan fingerprint density at radius 1 is 0.968 bits per heavy atom. The average Bonchev–Trinajstić information content (AvgIpc) is 3.48. The molecule has 0 atom stereocenters. The lowest BCUT2D eigenvalue weighted by Gasteiger charge is -2.09. The Morgan fingerprint density at radius 3 is 2.71 bits per heavy atom. The lowest BCUT2D eigenvalue weighted by Crippen LogP contribution is -2.20. The fourth-order valence-electron chi connectivity index (χ4n) is 3.12. The van der Waals surface area contributed by atoms with Crippen LogP contribution in [-0.2, 0) is 4.79 Å². The highest BCUT2D eigenvalue weighted by molar-refractivity contribution is 7.13. The molecular weight excluding hydrogens is 410 g/mol. The smallest absolute Gasteiger partial charge is 0.262 e. The summed E-state index contributed by atoms with van der Waals surface area (Å²) in [6.07, 6.45) is 0. The molecule has 0 aliphatic carbocycles. The Balaban J connectivity index is 1.35. The molecule has 152 valence electrons. The van der Waals surface area contributed by atoms with Gasteiger partial charge in [0.25, 0.3) is 5.91 Å². The Morgan fingerprint density at radius 2 is 1.87 bits per heavy atom. The van der Waals surface area contributed by atoms with Crippen LogP contribution >= 0.6 is 11.3 Å². The third-order valence-corrected chi connectivity index (χ3v) is 5.43. The van der Waals surface area contributed by atoms with Crippen LogP contribution in [0.3, 0.4) is 0 Å². The first kappa shape index (κ1) is 19.0. The number of para-hydroxylation sites is 1. The molecule has 1 amide bonds. The second-order valence-corrected chi connectivity index (χ2v) is 7.67. The van der Waals surface area contributed by atoms with Crippen LogP contribution in [0.4, 0.5) is 5.69 Å². The number of ether oxygens (including phenoxy) is 1. The number of hydrogen-bond donors (Lipinski definition) is 1. The summed E-state index contributed by atoms with van der Waals surface area (Å²) in [5, 5.41) is 18.0. The summed E-state index contributed by atoms with van der Waals surface area (Å²) >= 11 is 1.59. The standard InChI is InChI=1S/C23H17N5O2S/c29-22(15-30-18-8-2-1-3-9-18)24-17-7-4-6-16(14-17)19-11-12-21-25-26-23(28(21)27-19)20-10-5-13-31-20/h1-14H,15H2,(H,24,29). The van der Waals surface area contributed by atoms with Gasteiger partial charge in [0.1, 0.15) is 5.75 Å². The molecule has 31 heavy (non-hydrogen) atoms. The van der Waals surface area contributed by atoms with Gasteiger partial charge in [-0.3, -0.25) is 4.79 Å². The lowest BCUT2D eigenvalue weighted by molar-refractivity contribution is -0.118. The van der Waals surface area contributed by atoms with Crippen LogP contribution in [-0.4, -0.2) is 32.3 Å². The van der Waals surface area contributed by atoms with Gasteiger partial charge in [0.05, 0.1) is 10.6 Å². The molecular formula is C23H17N5O2S. The second-order valence-electron chi connectivity index (χ2n) is 6.72. The molecule has 3 aromatic heterocycles. The molecule has 0 unspecified atom stereocenters. The van der Waals surface area contributed by atoms with E-state index in [0.717, 1.165) is 16.1 Å². The molecule has 5 aromatic rings. The summed E-state index contributed by atoms with van der Waals surface area (Å²) in [5.41, 5.74) is 2.97. The van der Waals surface area contributed by atoms with E-state index in [0.29, 0.717) is 22.9 Å². The van der Waals surface area contributed by atoms with Crippen LogP contribution in [0, 0.1) is 0 Å². The van der Waals surface area contributed by atoms with Crippen LogP contribution in [0.5, 0.6) is 5.75 Å². The van der Waals surface area contributed by atoms with Crippen molar-refractivity contribution in [2.45, 2.75) is 0 Å². The molecule has 0 radical (unpaired) electrons. The van der Waals surface area contributed by atoms with E-state index in [1.807, 2.05) is 84.2 Å². The zero-order valence-electron chi connectivity index (χ0n) is 16.3. The second kappa shape index (κ2) is 8.37. The fraction of sp³-hybridized carbons (Fsp3) is 0.0435. The summed E-state index contributed by atoms with van der Waals surface area (Å²) in [7, 11) is 0. The number of carbonyl (C=O) groups excluding carboxylic acids is 1. The molecule has 2 aromatic carbocycles. The van der Waals surface area contributed by atoms with Gasteiger partial charge in [-0.05, 0) is 47.8 Å². The number of fused-ring (bicyclic) bond motifs is 1. The van der Waals surface area contributed by atoms with Crippen LogP contribution < -0.4 is 10.1 Å². The SMILES string of the molecule is O=C(COc1ccccc1)Nc1cccc(-c2ccc3nnc(-c4cccs4)n3n2)c1. The highest BCUT2D eigenvalue weighted by atomic mass is 32.1. The maximum atomic E-state index is 12.3. The molecule has 0 fully saturated rings. The zero-order valence-corrected chi connectivity index (χ0v) is 17.1. The van der Waals surface area contributed by atoms with Crippen molar-refractivity contribution < 1.29 is 9.53 Å². The minimum atomic E-state index is -0.233. The fourth-order valence-corrected chi connectivity index (χ4v) is 3.81. The molecule has 8 heteroatoms. The monoisotopic (exact) mass is 427 g/mol. The van der Waals surface area contributed by atoms with E-state index < -0.39 is 0 Å². The van der Waals surface area contributed by atoms with Gasteiger partial charge in [-0.15, -0.1) is 21.5 Å². The van der Waals surface area contributed by atoms with Crippen LogP contribution in [0.15, 0.2) is 84.2 Å². The predicted molar refractivity (Wildman–Crippen MR) is 120 cm³/mol. The number of anilines is 1. The highest BCUT2D eigenvalue weighted by Crippen LogP contribution is 2.25. The molecule has 0 saturated carbocycles. The van der Waals surface area contributed by atoms with Crippen molar-refractivity contribution in [1.82, 2.24) is 19.8 Å². The largest absolute Gasteiger partial charge is 0.484 e. The van der Waals surface area contributed by atoms with Gasteiger partial charge in [-0.1, -0.05) is 36.4 Å². The van der Waals surface area contributed by atoms with E-state index in [9.17, 15) is 4.79 Å². The van der Waals surface area contributed by atoms with Crippen molar-refractivity contribution in [2.75, 3.05) is 11.9 Å². The normalized spacial score (nSPS) is 10.8. The van der Waals surface area contributed by atoms with Gasteiger partial charge < -0.3 is 10.1 Å². The summed E-state index contributed by atoms with van der Waals surface area (Å²) < 4.78 is 7.24. The van der Waals surface area contributed by atoms with E-state index >= 15 is 0 Å². The molecule has 0 aliphatic rings. The first-order valence-corrected chi connectivity index (χ1v) is 10.5. The number of rotatable bonds is 6. The number of benzene rings is 2. The van der Waals surface area contributed by atoms with Gasteiger partial charge in [0.15, 0.2) is 18.1 Å². The molecule has 0 saturated heterocycles. The number of nitrogens with one attached hydrogen (secondary N) is 1. The number of amides is 1. The number of carbonyl (C=O) groups is 1. The van der Waals surface area contributed by atoms with Crippen molar-refractivity contribution in [3.8, 4) is 27.7 Å². The van der Waals surface area contributed by atoms with Crippen molar-refractivity contribution in [3.63, 3.8) is 0 Å². The Bertz CT molecular complexity index is 1330. The lowest BCUT2D eigenvalue weighted by atomic mass is 10.1. The molecule has 0 bridgehead atoms. The van der Waals surface area contributed by atoms with E-state index in [1.165, 1.54) is 0 Å². The van der Waals surface area contributed by atoms with Crippen LogP contribution in [0.2, 0.25) is 0 Å². The minimum Gasteiger partial charge on any atom is -0.484 e. The van der Waals surface area contributed by atoms with E-state index in [-0.39, 0.29) is 12.5 Å². The average molecular weight is 427 g/mol. The Hall–Kier alpha value is -4.04. The van der Waals surface area contributed by atoms with E-state index in [2.05, 4.69) is 15.5 Å². The molecule has 5 rings (SSSR count). The van der Waals surface area contributed by atoms with Crippen LogP contribution in [0.1, 0.15) is 0 Å². The zero-order chi connectivity index (χ0) is 21.0. The quantitative estimate of drug-likeness (QED) is 0.430. The first-order valence-electron chi connectivity index (χ1n) is 9.61. The Kier molecular flexibility index (Phi) is 5.12. The molecule has 0 aliphatic heterocycles. The number of nitrogens with zero attached hydrogens (tertiary/aromatic N) is 4. The van der Waals surface area contributed by atoms with Gasteiger partial charge in [-0.25, -0.2) is 0 Å². The molecule has 0 spiro atoms. The third-order valence-electron chi connectivity index (χ3n) is 4.56. The Labute approximate surface area is 182 Å². The maximum absolute atomic E-state index is 12.3. The summed E-state index contributed by atoms with van der Waals surface area (Å²) in [5.74, 6) is 1.12. The first-order chi connectivity index (χ1) is 15.3. The molecule has 7 nitrogen and oxygen atoms in total. The number of hydrogen-bond acceptors (Lipinski definition) is 6. The van der Waals surface area contributed by atoms with Gasteiger partial charge in [0, 0.05) is 11.3 Å². The summed E-state index contributed by atoms with van der Waals surface area (Å²) in [4.78, 5) is 13.3.